The maximum absolute atomic E-state index is 6.26. The number of nitrogens with two attached hydrogens (primary N) is 1. The quantitative estimate of drug-likeness (QED) is 0.860. The maximum atomic E-state index is 6.26. The summed E-state index contributed by atoms with van der Waals surface area (Å²) in [6.07, 6.45) is 1.87. The van der Waals surface area contributed by atoms with Gasteiger partial charge in [-0.1, -0.05) is 48.9 Å². The van der Waals surface area contributed by atoms with E-state index in [1.165, 1.54) is 5.56 Å². The molecule has 0 aromatic heterocycles. The molecule has 2 rings (SSSR count). The average molecular weight is 304 g/mol. The zero-order valence-corrected chi connectivity index (χ0v) is 13.4. The molecule has 0 spiro atoms. The highest BCUT2D eigenvalue weighted by Gasteiger charge is 2.05. The molecular formula is C18H22ClNO. The zero-order valence-electron chi connectivity index (χ0n) is 12.6. The molecule has 1 unspecified atom stereocenters. The van der Waals surface area contributed by atoms with E-state index in [0.717, 1.165) is 24.0 Å². The number of hydrogen-bond acceptors (Lipinski definition) is 2. The Morgan fingerprint density at radius 1 is 1.05 bits per heavy atom. The summed E-state index contributed by atoms with van der Waals surface area (Å²) >= 11 is 6.26. The van der Waals surface area contributed by atoms with Crippen LogP contribution in [0.1, 0.15) is 30.5 Å². The molecule has 2 aromatic carbocycles. The monoisotopic (exact) mass is 303 g/mol. The fourth-order valence-corrected chi connectivity index (χ4v) is 2.45. The van der Waals surface area contributed by atoms with Gasteiger partial charge in [0.2, 0.25) is 0 Å². The highest BCUT2D eigenvalue weighted by molar-refractivity contribution is 6.32. The molecule has 0 heterocycles. The van der Waals surface area contributed by atoms with Gasteiger partial charge in [-0.3, -0.25) is 0 Å². The van der Waals surface area contributed by atoms with Crippen molar-refractivity contribution < 1.29 is 4.74 Å². The minimum Gasteiger partial charge on any atom is -0.487 e. The van der Waals surface area contributed by atoms with Gasteiger partial charge in [-0.2, -0.15) is 0 Å². The lowest BCUT2D eigenvalue weighted by Crippen LogP contribution is -2.17. The number of benzene rings is 2. The standard InChI is InChI=1S/C18H22ClNO/c1-3-14-4-6-15(7-5-14)12-21-18-9-8-16(10-13(2)20)11-17(18)19/h4-9,11,13H,3,10,12,20H2,1-2H3. The van der Waals surface area contributed by atoms with E-state index in [1.54, 1.807) is 0 Å². The van der Waals surface area contributed by atoms with Crippen molar-refractivity contribution in [1.29, 1.82) is 0 Å². The van der Waals surface area contributed by atoms with Crippen LogP contribution in [0, 0.1) is 0 Å². The van der Waals surface area contributed by atoms with E-state index in [4.69, 9.17) is 22.1 Å². The SMILES string of the molecule is CCc1ccc(COc2ccc(CC(C)N)cc2Cl)cc1. The molecule has 21 heavy (non-hydrogen) atoms. The number of ether oxygens (including phenoxy) is 1. The van der Waals surface area contributed by atoms with Gasteiger partial charge in [0.1, 0.15) is 12.4 Å². The van der Waals surface area contributed by atoms with E-state index < -0.39 is 0 Å². The van der Waals surface area contributed by atoms with E-state index in [-0.39, 0.29) is 6.04 Å². The van der Waals surface area contributed by atoms with Crippen molar-refractivity contribution in [3.05, 3.63) is 64.2 Å². The Morgan fingerprint density at radius 3 is 2.24 bits per heavy atom. The summed E-state index contributed by atoms with van der Waals surface area (Å²) in [5.41, 5.74) is 9.40. The fraction of sp³-hybridized carbons (Fsp3) is 0.333. The second kappa shape index (κ2) is 7.48. The molecule has 3 heteroatoms. The summed E-state index contributed by atoms with van der Waals surface area (Å²) in [7, 11) is 0. The van der Waals surface area contributed by atoms with Gasteiger partial charge in [-0.05, 0) is 48.6 Å². The van der Waals surface area contributed by atoms with Crippen LogP contribution in [0.25, 0.3) is 0 Å². The molecule has 2 nitrogen and oxygen atoms in total. The molecule has 0 saturated carbocycles. The topological polar surface area (TPSA) is 35.2 Å². The molecule has 0 amide bonds. The van der Waals surface area contributed by atoms with Crippen molar-refractivity contribution in [3.63, 3.8) is 0 Å². The maximum Gasteiger partial charge on any atom is 0.138 e. The largest absolute Gasteiger partial charge is 0.487 e. The van der Waals surface area contributed by atoms with Gasteiger partial charge < -0.3 is 10.5 Å². The van der Waals surface area contributed by atoms with Gasteiger partial charge >= 0.3 is 0 Å². The van der Waals surface area contributed by atoms with Gasteiger partial charge in [0.15, 0.2) is 0 Å². The Kier molecular flexibility index (Phi) is 5.66. The molecule has 0 aliphatic rings. The third-order valence-corrected chi connectivity index (χ3v) is 3.67. The number of rotatable bonds is 6. The smallest absolute Gasteiger partial charge is 0.138 e. The molecule has 0 aliphatic heterocycles. The lowest BCUT2D eigenvalue weighted by molar-refractivity contribution is 0.306. The van der Waals surface area contributed by atoms with Crippen LogP contribution in [0.3, 0.4) is 0 Å². The van der Waals surface area contributed by atoms with Crippen LogP contribution in [0.4, 0.5) is 0 Å². The predicted octanol–water partition coefficient (Wildman–Crippen LogP) is 4.37. The Balaban J connectivity index is 1.99. The van der Waals surface area contributed by atoms with Crippen molar-refractivity contribution in [2.45, 2.75) is 39.3 Å². The lowest BCUT2D eigenvalue weighted by Gasteiger charge is -2.11. The second-order valence-corrected chi connectivity index (χ2v) is 5.81. The van der Waals surface area contributed by atoms with Crippen LogP contribution in [-0.4, -0.2) is 6.04 Å². The molecule has 0 bridgehead atoms. The van der Waals surface area contributed by atoms with Crippen molar-refractivity contribution >= 4 is 11.6 Å². The highest BCUT2D eigenvalue weighted by atomic mass is 35.5. The highest BCUT2D eigenvalue weighted by Crippen LogP contribution is 2.26. The first-order valence-electron chi connectivity index (χ1n) is 7.33. The number of aryl methyl sites for hydroxylation is 1. The molecule has 0 radical (unpaired) electrons. The molecule has 112 valence electrons. The van der Waals surface area contributed by atoms with Crippen LogP contribution >= 0.6 is 11.6 Å². The first-order chi connectivity index (χ1) is 10.1. The van der Waals surface area contributed by atoms with E-state index in [0.29, 0.717) is 17.4 Å². The third-order valence-electron chi connectivity index (χ3n) is 3.38. The molecule has 2 N–H and O–H groups in total. The fourth-order valence-electron chi connectivity index (χ4n) is 2.19. The minimum absolute atomic E-state index is 0.130. The summed E-state index contributed by atoms with van der Waals surface area (Å²) in [5, 5.41) is 0.637. The normalized spacial score (nSPS) is 12.2. The lowest BCUT2D eigenvalue weighted by atomic mass is 10.1. The number of hydrogen-bond donors (Lipinski definition) is 1. The molecule has 2 aromatic rings. The summed E-state index contributed by atoms with van der Waals surface area (Å²) in [5.74, 6) is 0.713. The molecule has 0 fully saturated rings. The van der Waals surface area contributed by atoms with Gasteiger partial charge in [0.05, 0.1) is 5.02 Å². The van der Waals surface area contributed by atoms with E-state index in [1.807, 2.05) is 25.1 Å². The van der Waals surface area contributed by atoms with Gasteiger partial charge in [0, 0.05) is 6.04 Å². The zero-order chi connectivity index (χ0) is 15.2. The van der Waals surface area contributed by atoms with E-state index in [2.05, 4.69) is 31.2 Å². The molecule has 0 saturated heterocycles. The van der Waals surface area contributed by atoms with Crippen LogP contribution in [-0.2, 0) is 19.4 Å². The van der Waals surface area contributed by atoms with E-state index >= 15 is 0 Å². The van der Waals surface area contributed by atoms with Gasteiger partial charge in [-0.25, -0.2) is 0 Å². The van der Waals surface area contributed by atoms with Gasteiger partial charge in [0.25, 0.3) is 0 Å². The Morgan fingerprint density at radius 2 is 1.67 bits per heavy atom. The minimum atomic E-state index is 0.130. The predicted molar refractivity (Wildman–Crippen MR) is 89.0 cm³/mol. The Hall–Kier alpha value is -1.51. The summed E-state index contributed by atoms with van der Waals surface area (Å²) in [4.78, 5) is 0. The van der Waals surface area contributed by atoms with Crippen LogP contribution in [0.2, 0.25) is 5.02 Å². The molecular weight excluding hydrogens is 282 g/mol. The number of halogens is 1. The summed E-state index contributed by atoms with van der Waals surface area (Å²) < 4.78 is 5.79. The van der Waals surface area contributed by atoms with Crippen molar-refractivity contribution in [2.24, 2.45) is 5.73 Å². The average Bonchev–Trinajstić information content (AvgIpc) is 2.46. The van der Waals surface area contributed by atoms with Crippen molar-refractivity contribution in [3.8, 4) is 5.75 Å². The van der Waals surface area contributed by atoms with Crippen molar-refractivity contribution in [2.75, 3.05) is 0 Å². The molecule has 1 atom stereocenters. The van der Waals surface area contributed by atoms with E-state index in [9.17, 15) is 0 Å². The van der Waals surface area contributed by atoms with Crippen LogP contribution < -0.4 is 10.5 Å². The van der Waals surface area contributed by atoms with Crippen molar-refractivity contribution in [1.82, 2.24) is 0 Å². The summed E-state index contributed by atoms with van der Waals surface area (Å²) in [6.45, 7) is 4.66. The second-order valence-electron chi connectivity index (χ2n) is 5.40. The first-order valence-corrected chi connectivity index (χ1v) is 7.71. The Bertz CT molecular complexity index is 578. The summed E-state index contributed by atoms with van der Waals surface area (Å²) in [6, 6.07) is 14.4. The Labute approximate surface area is 131 Å². The van der Waals surface area contributed by atoms with Gasteiger partial charge in [-0.15, -0.1) is 0 Å². The van der Waals surface area contributed by atoms with Crippen LogP contribution in [0.15, 0.2) is 42.5 Å². The first kappa shape index (κ1) is 15.9. The molecule has 0 aliphatic carbocycles. The third kappa shape index (κ3) is 4.76. The van der Waals surface area contributed by atoms with Crippen LogP contribution in [0.5, 0.6) is 5.75 Å².